The Kier molecular flexibility index (Phi) is 7.09. The summed E-state index contributed by atoms with van der Waals surface area (Å²) >= 11 is 0. The average Bonchev–Trinajstić information content (AvgIpc) is 3.33. The lowest BCUT2D eigenvalue weighted by molar-refractivity contribution is 0.100. The Bertz CT molecular complexity index is 1460. The minimum absolute atomic E-state index is 0.420. The summed E-state index contributed by atoms with van der Waals surface area (Å²) in [5, 5.41) is 7.69. The van der Waals surface area contributed by atoms with E-state index in [0.29, 0.717) is 11.3 Å². The van der Waals surface area contributed by atoms with Gasteiger partial charge < -0.3 is 26.1 Å². The molecular formula is C29H32N6O2. The summed E-state index contributed by atoms with van der Waals surface area (Å²) in [6.45, 7) is 5.43. The molecule has 0 bridgehead atoms. The smallest absolute Gasteiger partial charge is 0.250 e. The molecule has 0 saturated carbocycles. The highest BCUT2D eigenvalue weighted by atomic mass is 16.5. The van der Waals surface area contributed by atoms with Crippen molar-refractivity contribution in [1.82, 2.24) is 14.9 Å². The molecule has 5 N–H and O–H groups in total. The van der Waals surface area contributed by atoms with Crippen molar-refractivity contribution in [3.05, 3.63) is 78.1 Å². The van der Waals surface area contributed by atoms with E-state index in [0.717, 1.165) is 66.3 Å². The van der Waals surface area contributed by atoms with Crippen LogP contribution in [0, 0.1) is 0 Å². The number of anilines is 4. The molecule has 1 aliphatic heterocycles. The molecule has 8 nitrogen and oxygen atoms in total. The third kappa shape index (κ3) is 5.29. The first-order valence-corrected chi connectivity index (χ1v) is 12.5. The molecule has 0 atom stereocenters. The van der Waals surface area contributed by atoms with Gasteiger partial charge in [-0.05, 0) is 60.9 Å². The summed E-state index contributed by atoms with van der Waals surface area (Å²) in [5.41, 5.74) is 11.6. The molecule has 5 rings (SSSR count). The molecule has 0 fully saturated rings. The number of nitrogens with two attached hydrogens (primary N) is 1. The van der Waals surface area contributed by atoms with E-state index in [4.69, 9.17) is 10.5 Å². The lowest BCUT2D eigenvalue weighted by Gasteiger charge is -2.27. The van der Waals surface area contributed by atoms with Gasteiger partial charge in [0.1, 0.15) is 11.6 Å². The Morgan fingerprint density at radius 2 is 1.97 bits per heavy atom. The van der Waals surface area contributed by atoms with Gasteiger partial charge in [0.15, 0.2) is 0 Å². The van der Waals surface area contributed by atoms with Gasteiger partial charge in [0.05, 0.1) is 47.6 Å². The number of amides is 1. The van der Waals surface area contributed by atoms with Crippen LogP contribution in [-0.2, 0) is 0 Å². The first-order chi connectivity index (χ1) is 18.1. The van der Waals surface area contributed by atoms with Crippen molar-refractivity contribution in [2.75, 3.05) is 37.4 Å². The molecule has 0 aliphatic carbocycles. The summed E-state index contributed by atoms with van der Waals surface area (Å²) in [7, 11) is 1.69. The van der Waals surface area contributed by atoms with E-state index in [1.165, 1.54) is 11.1 Å². The van der Waals surface area contributed by atoms with Crippen molar-refractivity contribution >= 4 is 45.3 Å². The highest BCUT2D eigenvalue weighted by Crippen LogP contribution is 2.34. The van der Waals surface area contributed by atoms with E-state index in [-0.39, 0.29) is 0 Å². The van der Waals surface area contributed by atoms with E-state index >= 15 is 0 Å². The van der Waals surface area contributed by atoms with Crippen LogP contribution in [0.1, 0.15) is 35.7 Å². The molecule has 1 amide bonds. The molecule has 37 heavy (non-hydrogen) atoms. The van der Waals surface area contributed by atoms with Gasteiger partial charge in [-0.2, -0.15) is 0 Å². The summed E-state index contributed by atoms with van der Waals surface area (Å²) in [6.07, 6.45) is 8.06. The average molecular weight is 497 g/mol. The predicted molar refractivity (Wildman–Crippen MR) is 150 cm³/mol. The fourth-order valence-corrected chi connectivity index (χ4v) is 4.83. The van der Waals surface area contributed by atoms with Crippen LogP contribution in [0.3, 0.4) is 0 Å². The number of carbonyl (C=O) groups is 1. The van der Waals surface area contributed by atoms with Crippen LogP contribution in [0.25, 0.3) is 16.5 Å². The summed E-state index contributed by atoms with van der Waals surface area (Å²) in [4.78, 5) is 22.1. The SMILES string of the molecule is CCCN1CCC=C(c2ccc(Nc3cc4c(Nc5ccccc5C(N)=O)cncc4[nH]3)c(OC)c2)C1. The zero-order valence-corrected chi connectivity index (χ0v) is 21.2. The molecule has 0 saturated heterocycles. The van der Waals surface area contributed by atoms with E-state index in [1.54, 1.807) is 31.6 Å². The van der Waals surface area contributed by atoms with Crippen LogP contribution in [0.4, 0.5) is 22.9 Å². The van der Waals surface area contributed by atoms with Gasteiger partial charge in [-0.15, -0.1) is 0 Å². The molecule has 2 aromatic carbocycles. The van der Waals surface area contributed by atoms with Gasteiger partial charge in [0.25, 0.3) is 5.91 Å². The van der Waals surface area contributed by atoms with E-state index in [9.17, 15) is 4.79 Å². The van der Waals surface area contributed by atoms with Gasteiger partial charge in [-0.25, -0.2) is 0 Å². The number of methoxy groups -OCH3 is 1. The van der Waals surface area contributed by atoms with Crippen molar-refractivity contribution in [1.29, 1.82) is 0 Å². The number of pyridine rings is 1. The number of benzene rings is 2. The van der Waals surface area contributed by atoms with E-state index in [2.05, 4.69) is 56.7 Å². The fourth-order valence-electron chi connectivity index (χ4n) is 4.83. The molecule has 0 radical (unpaired) electrons. The second-order valence-corrected chi connectivity index (χ2v) is 9.20. The molecular weight excluding hydrogens is 464 g/mol. The maximum Gasteiger partial charge on any atom is 0.250 e. The first kappa shape index (κ1) is 24.4. The largest absolute Gasteiger partial charge is 0.495 e. The normalized spacial score (nSPS) is 13.8. The standard InChI is InChI=1S/C29H32N6O2/c1-3-12-35-13-6-7-20(18-35)19-10-11-24(27(14-19)37-2)33-28-15-22-25(16-31-17-26(22)34-28)32-23-9-5-4-8-21(23)29(30)36/h4-5,7-11,14-17,32-34H,3,6,12-13,18H2,1-2H3,(H2,30,36). The second-order valence-electron chi connectivity index (χ2n) is 9.20. The van der Waals surface area contributed by atoms with Crippen molar-refractivity contribution in [3.8, 4) is 5.75 Å². The third-order valence-electron chi connectivity index (χ3n) is 6.62. The number of ether oxygens (including phenoxy) is 1. The number of primary amides is 1. The van der Waals surface area contributed by atoms with Crippen LogP contribution in [0.15, 0.2) is 67.0 Å². The Labute approximate surface area is 216 Å². The number of carbonyl (C=O) groups excluding carboxylic acids is 1. The Morgan fingerprint density at radius 3 is 2.78 bits per heavy atom. The molecule has 0 unspecified atom stereocenters. The molecule has 0 spiro atoms. The van der Waals surface area contributed by atoms with Crippen LogP contribution in [0.2, 0.25) is 0 Å². The number of fused-ring (bicyclic) bond motifs is 1. The monoisotopic (exact) mass is 496 g/mol. The molecule has 3 heterocycles. The quantitative estimate of drug-likeness (QED) is 0.238. The highest BCUT2D eigenvalue weighted by Gasteiger charge is 2.16. The van der Waals surface area contributed by atoms with Gasteiger partial charge in [-0.3, -0.25) is 14.7 Å². The molecule has 8 heteroatoms. The number of nitrogens with one attached hydrogen (secondary N) is 3. The highest BCUT2D eigenvalue weighted by molar-refractivity contribution is 6.02. The number of rotatable bonds is 9. The predicted octanol–water partition coefficient (Wildman–Crippen LogP) is 5.66. The number of hydrogen-bond acceptors (Lipinski definition) is 6. The van der Waals surface area contributed by atoms with Crippen molar-refractivity contribution in [2.45, 2.75) is 19.8 Å². The molecule has 4 aromatic rings. The minimum atomic E-state index is -0.489. The zero-order chi connectivity index (χ0) is 25.8. The van der Waals surface area contributed by atoms with Crippen LogP contribution in [0.5, 0.6) is 5.75 Å². The van der Waals surface area contributed by atoms with E-state index < -0.39 is 5.91 Å². The second kappa shape index (κ2) is 10.8. The summed E-state index contributed by atoms with van der Waals surface area (Å²) < 4.78 is 5.75. The van der Waals surface area contributed by atoms with Crippen molar-refractivity contribution in [3.63, 3.8) is 0 Å². The Morgan fingerprint density at radius 1 is 1.11 bits per heavy atom. The molecule has 2 aromatic heterocycles. The zero-order valence-electron chi connectivity index (χ0n) is 21.2. The number of aromatic amines is 1. The minimum Gasteiger partial charge on any atom is -0.495 e. The van der Waals surface area contributed by atoms with Crippen LogP contribution in [-0.4, -0.2) is 47.5 Å². The number of H-pyrrole nitrogens is 1. The fraction of sp³-hybridized carbons (Fsp3) is 0.241. The number of hydrogen-bond donors (Lipinski definition) is 4. The summed E-state index contributed by atoms with van der Waals surface area (Å²) in [5.74, 6) is 1.08. The van der Waals surface area contributed by atoms with Crippen molar-refractivity contribution < 1.29 is 9.53 Å². The number of nitrogens with zero attached hydrogens (tertiary/aromatic N) is 2. The first-order valence-electron chi connectivity index (χ1n) is 12.5. The topological polar surface area (TPSA) is 108 Å². The van der Waals surface area contributed by atoms with Gasteiger partial charge >= 0.3 is 0 Å². The van der Waals surface area contributed by atoms with Crippen LogP contribution < -0.4 is 21.1 Å². The maximum atomic E-state index is 11.8. The van der Waals surface area contributed by atoms with Crippen molar-refractivity contribution in [2.24, 2.45) is 5.73 Å². The Balaban J connectivity index is 1.40. The van der Waals surface area contributed by atoms with Gasteiger partial charge in [0, 0.05) is 18.5 Å². The number of aromatic nitrogens is 2. The lowest BCUT2D eigenvalue weighted by atomic mass is 10.00. The Hall–Kier alpha value is -4.30. The van der Waals surface area contributed by atoms with E-state index in [1.807, 2.05) is 18.2 Å². The van der Waals surface area contributed by atoms with Gasteiger partial charge in [0.2, 0.25) is 0 Å². The molecule has 190 valence electrons. The van der Waals surface area contributed by atoms with Crippen LogP contribution >= 0.6 is 0 Å². The molecule has 1 aliphatic rings. The van der Waals surface area contributed by atoms with Gasteiger partial charge in [-0.1, -0.05) is 31.2 Å². The lowest BCUT2D eigenvalue weighted by Crippen LogP contribution is -2.30. The maximum absolute atomic E-state index is 11.8. The summed E-state index contributed by atoms with van der Waals surface area (Å²) in [6, 6.07) is 15.5. The third-order valence-corrected chi connectivity index (χ3v) is 6.62. The number of para-hydroxylation sites is 1.